The van der Waals surface area contributed by atoms with E-state index in [1.807, 2.05) is 13.8 Å². The van der Waals surface area contributed by atoms with Gasteiger partial charge in [-0.3, -0.25) is 9.59 Å². The zero-order valence-corrected chi connectivity index (χ0v) is 12.2. The summed E-state index contributed by atoms with van der Waals surface area (Å²) < 4.78 is 0. The van der Waals surface area contributed by atoms with Crippen LogP contribution in [0.4, 0.5) is 0 Å². The van der Waals surface area contributed by atoms with E-state index in [9.17, 15) is 9.59 Å². The molecule has 0 aromatic heterocycles. The Hall–Kier alpha value is -1.18. The first kappa shape index (κ1) is 16.8. The monoisotopic (exact) mass is 250 g/mol. The summed E-state index contributed by atoms with van der Waals surface area (Å²) in [5.41, 5.74) is 1.21. The molecule has 0 saturated heterocycles. The van der Waals surface area contributed by atoms with E-state index in [-0.39, 0.29) is 11.6 Å². The number of carbonyl (C=O) groups excluding carboxylic acids is 2. The van der Waals surface area contributed by atoms with Gasteiger partial charge in [-0.05, 0) is 26.7 Å². The molecule has 2 heteroatoms. The number of rotatable bonds is 9. The van der Waals surface area contributed by atoms with E-state index in [2.05, 4.69) is 13.8 Å². The molecule has 0 aliphatic rings. The normalized spacial score (nSPS) is 12.7. The van der Waals surface area contributed by atoms with Gasteiger partial charge in [0.05, 0.1) is 0 Å². The van der Waals surface area contributed by atoms with Crippen LogP contribution in [0.2, 0.25) is 0 Å². The topological polar surface area (TPSA) is 34.1 Å². The van der Waals surface area contributed by atoms with Gasteiger partial charge in [0.15, 0.2) is 11.6 Å². The predicted octanol–water partition coefficient (Wildman–Crippen LogP) is 4.40. The van der Waals surface area contributed by atoms with Crippen molar-refractivity contribution in [1.29, 1.82) is 0 Å². The maximum atomic E-state index is 12.1. The van der Waals surface area contributed by atoms with Gasteiger partial charge in [-0.2, -0.15) is 0 Å². The van der Waals surface area contributed by atoms with Crippen molar-refractivity contribution in [2.45, 2.75) is 66.2 Å². The third kappa shape index (κ3) is 5.44. The van der Waals surface area contributed by atoms with E-state index in [0.717, 1.165) is 25.7 Å². The molecule has 0 aliphatic carbocycles. The Labute approximate surface area is 111 Å². The van der Waals surface area contributed by atoms with E-state index in [0.29, 0.717) is 24.0 Å². The average molecular weight is 250 g/mol. The molecule has 0 amide bonds. The number of hydrogen-bond acceptors (Lipinski definition) is 2. The second-order valence-electron chi connectivity index (χ2n) is 4.46. The fourth-order valence-corrected chi connectivity index (χ4v) is 1.88. The molecule has 0 aromatic rings. The van der Waals surface area contributed by atoms with Gasteiger partial charge in [-0.25, -0.2) is 0 Å². The van der Waals surface area contributed by atoms with E-state index in [4.69, 9.17) is 0 Å². The second kappa shape index (κ2) is 9.81. The first-order valence-corrected chi connectivity index (χ1v) is 7.01. The van der Waals surface area contributed by atoms with Gasteiger partial charge in [-0.15, -0.1) is 0 Å². The van der Waals surface area contributed by atoms with Crippen LogP contribution in [0.25, 0.3) is 0 Å². The van der Waals surface area contributed by atoms with Crippen molar-refractivity contribution in [3.05, 3.63) is 23.3 Å². The Kier molecular flexibility index (Phi) is 9.17. The lowest BCUT2D eigenvalue weighted by Crippen LogP contribution is -2.12. The number of carbonyl (C=O) groups is 2. The molecule has 102 valence electrons. The van der Waals surface area contributed by atoms with Crippen molar-refractivity contribution in [2.75, 3.05) is 0 Å². The molecule has 18 heavy (non-hydrogen) atoms. The summed E-state index contributed by atoms with van der Waals surface area (Å²) in [5, 5.41) is 0. The van der Waals surface area contributed by atoms with Crippen molar-refractivity contribution in [2.24, 2.45) is 0 Å². The van der Waals surface area contributed by atoms with Crippen LogP contribution in [0.15, 0.2) is 23.3 Å². The lowest BCUT2D eigenvalue weighted by molar-refractivity contribution is -0.118. The van der Waals surface area contributed by atoms with Crippen LogP contribution in [-0.2, 0) is 9.59 Å². The van der Waals surface area contributed by atoms with Gasteiger partial charge >= 0.3 is 0 Å². The SMILES string of the molecule is C/C=C(C(=O)CCCC)\C(=C/C)C(=O)CCCC. The van der Waals surface area contributed by atoms with Gasteiger partial charge < -0.3 is 0 Å². The molecule has 0 saturated carbocycles. The minimum Gasteiger partial charge on any atom is -0.294 e. The van der Waals surface area contributed by atoms with Gasteiger partial charge in [0.25, 0.3) is 0 Å². The smallest absolute Gasteiger partial charge is 0.163 e. The molecule has 0 rings (SSSR count). The standard InChI is InChI=1S/C16H26O2/c1-5-9-11-15(17)13(7-3)14(8-4)16(18)12-10-6-2/h7-8H,5-6,9-12H2,1-4H3/b13-7+,14-8+. The summed E-state index contributed by atoms with van der Waals surface area (Å²) in [6.07, 6.45) is 8.39. The third-order valence-electron chi connectivity index (χ3n) is 2.98. The predicted molar refractivity (Wildman–Crippen MR) is 76.6 cm³/mol. The molecule has 0 fully saturated rings. The fraction of sp³-hybridized carbons (Fsp3) is 0.625. The van der Waals surface area contributed by atoms with Crippen LogP contribution < -0.4 is 0 Å². The van der Waals surface area contributed by atoms with Crippen LogP contribution in [-0.4, -0.2) is 11.6 Å². The minimum absolute atomic E-state index is 0.0947. The maximum Gasteiger partial charge on any atom is 0.163 e. The van der Waals surface area contributed by atoms with Gasteiger partial charge in [0.1, 0.15) is 0 Å². The van der Waals surface area contributed by atoms with Gasteiger partial charge in [0.2, 0.25) is 0 Å². The summed E-state index contributed by atoms with van der Waals surface area (Å²) in [5.74, 6) is 0.189. The molecule has 0 unspecified atom stereocenters. The first-order chi connectivity index (χ1) is 8.62. The molecule has 0 N–H and O–H groups in total. The van der Waals surface area contributed by atoms with Crippen LogP contribution in [0.1, 0.15) is 66.2 Å². The Morgan fingerprint density at radius 1 is 0.778 bits per heavy atom. The van der Waals surface area contributed by atoms with Crippen molar-refractivity contribution >= 4 is 11.6 Å². The van der Waals surface area contributed by atoms with Crippen molar-refractivity contribution in [3.8, 4) is 0 Å². The average Bonchev–Trinajstić information content (AvgIpc) is 2.39. The summed E-state index contributed by atoms with van der Waals surface area (Å²) in [4.78, 5) is 24.1. The van der Waals surface area contributed by atoms with E-state index >= 15 is 0 Å². The molecular formula is C16H26O2. The largest absolute Gasteiger partial charge is 0.294 e. The first-order valence-electron chi connectivity index (χ1n) is 7.01. The molecule has 0 heterocycles. The number of ketones is 2. The zero-order chi connectivity index (χ0) is 14.0. The molecule has 0 bridgehead atoms. The molecular weight excluding hydrogens is 224 g/mol. The maximum absolute atomic E-state index is 12.1. The van der Waals surface area contributed by atoms with Gasteiger partial charge in [-0.1, -0.05) is 38.8 Å². The number of allylic oxidation sites excluding steroid dienone is 4. The number of Topliss-reactive ketones (excluding diaryl/α,β-unsaturated/α-hetero) is 2. The minimum atomic E-state index is 0.0947. The summed E-state index contributed by atoms with van der Waals surface area (Å²) >= 11 is 0. The summed E-state index contributed by atoms with van der Waals surface area (Å²) in [6, 6.07) is 0. The quantitative estimate of drug-likeness (QED) is 0.449. The van der Waals surface area contributed by atoms with Crippen LogP contribution in [0.3, 0.4) is 0 Å². The zero-order valence-electron chi connectivity index (χ0n) is 12.2. The molecule has 0 aromatic carbocycles. The molecule has 0 spiro atoms. The Morgan fingerprint density at radius 3 is 1.33 bits per heavy atom. The highest BCUT2D eigenvalue weighted by molar-refractivity contribution is 6.12. The second-order valence-corrected chi connectivity index (χ2v) is 4.46. The van der Waals surface area contributed by atoms with Gasteiger partial charge in [0, 0.05) is 24.0 Å². The van der Waals surface area contributed by atoms with Crippen molar-refractivity contribution < 1.29 is 9.59 Å². The lowest BCUT2D eigenvalue weighted by atomic mass is 9.93. The molecule has 2 nitrogen and oxygen atoms in total. The highest BCUT2D eigenvalue weighted by Crippen LogP contribution is 2.18. The molecule has 0 radical (unpaired) electrons. The van der Waals surface area contributed by atoms with Crippen LogP contribution in [0.5, 0.6) is 0 Å². The van der Waals surface area contributed by atoms with Crippen LogP contribution in [0, 0.1) is 0 Å². The Bertz CT molecular complexity index is 301. The number of unbranched alkanes of at least 4 members (excludes halogenated alkanes) is 2. The highest BCUT2D eigenvalue weighted by atomic mass is 16.1. The molecule has 0 atom stereocenters. The number of hydrogen-bond donors (Lipinski definition) is 0. The highest BCUT2D eigenvalue weighted by Gasteiger charge is 2.18. The Morgan fingerprint density at radius 2 is 1.11 bits per heavy atom. The van der Waals surface area contributed by atoms with Crippen LogP contribution >= 0.6 is 0 Å². The van der Waals surface area contributed by atoms with E-state index in [1.54, 1.807) is 12.2 Å². The van der Waals surface area contributed by atoms with E-state index in [1.165, 1.54) is 0 Å². The lowest BCUT2D eigenvalue weighted by Gasteiger charge is -2.09. The Balaban J connectivity index is 4.80. The summed E-state index contributed by atoms with van der Waals surface area (Å²) in [7, 11) is 0. The third-order valence-corrected chi connectivity index (χ3v) is 2.98. The van der Waals surface area contributed by atoms with Crippen molar-refractivity contribution in [1.82, 2.24) is 0 Å². The van der Waals surface area contributed by atoms with E-state index < -0.39 is 0 Å². The molecule has 0 aliphatic heterocycles. The summed E-state index contributed by atoms with van der Waals surface area (Å²) in [6.45, 7) is 7.78. The van der Waals surface area contributed by atoms with Crippen molar-refractivity contribution in [3.63, 3.8) is 0 Å². The fourth-order valence-electron chi connectivity index (χ4n) is 1.88.